The highest BCUT2D eigenvalue weighted by Gasteiger charge is 2.21. The van der Waals surface area contributed by atoms with Gasteiger partial charge >= 0.3 is 0 Å². The van der Waals surface area contributed by atoms with E-state index in [-0.39, 0.29) is 5.91 Å². The second kappa shape index (κ2) is 3.45. The molecule has 2 heteroatoms. The van der Waals surface area contributed by atoms with Crippen molar-refractivity contribution < 1.29 is 4.79 Å². The highest BCUT2D eigenvalue weighted by atomic mass is 16.2. The van der Waals surface area contributed by atoms with Crippen LogP contribution < -0.4 is 0 Å². The average Bonchev–Trinajstić information content (AvgIpc) is 2.06. The summed E-state index contributed by atoms with van der Waals surface area (Å²) in [5.41, 5.74) is 3.26. The van der Waals surface area contributed by atoms with Crippen molar-refractivity contribution in [1.29, 1.82) is 0 Å². The molecule has 2 nitrogen and oxygen atoms in total. The van der Waals surface area contributed by atoms with Gasteiger partial charge in [0.25, 0.3) is 5.91 Å². The molecule has 0 saturated carbocycles. The number of likely N-dealkylation sites (tertiary alicyclic amines) is 1. The molecule has 1 aliphatic rings. The van der Waals surface area contributed by atoms with E-state index in [9.17, 15) is 4.79 Å². The minimum atomic E-state index is 0.180. The summed E-state index contributed by atoms with van der Waals surface area (Å²) in [5.74, 6) is 0.180. The van der Waals surface area contributed by atoms with Gasteiger partial charge in [-0.1, -0.05) is 6.07 Å². The van der Waals surface area contributed by atoms with Gasteiger partial charge in [-0.2, -0.15) is 0 Å². The van der Waals surface area contributed by atoms with Gasteiger partial charge in [0.1, 0.15) is 0 Å². The predicted molar refractivity (Wildman–Crippen MR) is 56.4 cm³/mol. The highest BCUT2D eigenvalue weighted by molar-refractivity contribution is 5.94. The van der Waals surface area contributed by atoms with Gasteiger partial charge in [0.2, 0.25) is 0 Å². The predicted octanol–water partition coefficient (Wildman–Crippen LogP) is 2.15. The summed E-state index contributed by atoms with van der Waals surface area (Å²) in [5, 5.41) is 0. The molecule has 0 bridgehead atoms. The van der Waals surface area contributed by atoms with Gasteiger partial charge in [-0.05, 0) is 43.5 Å². The standard InChI is InChI=1S/C12H15NO/c1-9-4-5-11(8-10(9)2)12(14)13-6-3-7-13/h4-5,8H,3,6-7H2,1-2H3. The third kappa shape index (κ3) is 1.52. The number of rotatable bonds is 1. The number of carbonyl (C=O) groups excluding carboxylic acids is 1. The van der Waals surface area contributed by atoms with Crippen molar-refractivity contribution in [3.63, 3.8) is 0 Å². The van der Waals surface area contributed by atoms with Gasteiger partial charge in [-0.25, -0.2) is 0 Å². The van der Waals surface area contributed by atoms with E-state index in [1.807, 2.05) is 30.0 Å². The zero-order chi connectivity index (χ0) is 10.1. The average molecular weight is 189 g/mol. The van der Waals surface area contributed by atoms with Crippen molar-refractivity contribution in [2.75, 3.05) is 13.1 Å². The minimum absolute atomic E-state index is 0.180. The van der Waals surface area contributed by atoms with Crippen molar-refractivity contribution in [2.45, 2.75) is 20.3 Å². The van der Waals surface area contributed by atoms with E-state index in [1.54, 1.807) is 0 Å². The fraction of sp³-hybridized carbons (Fsp3) is 0.417. The van der Waals surface area contributed by atoms with E-state index in [4.69, 9.17) is 0 Å². The van der Waals surface area contributed by atoms with Crippen molar-refractivity contribution in [3.05, 3.63) is 34.9 Å². The molecule has 0 radical (unpaired) electrons. The molecular weight excluding hydrogens is 174 g/mol. The lowest BCUT2D eigenvalue weighted by Crippen LogP contribution is -2.42. The summed E-state index contributed by atoms with van der Waals surface area (Å²) >= 11 is 0. The molecule has 0 aromatic heterocycles. The van der Waals surface area contributed by atoms with Crippen LogP contribution in [0.1, 0.15) is 27.9 Å². The topological polar surface area (TPSA) is 20.3 Å². The van der Waals surface area contributed by atoms with Crippen LogP contribution in [0.5, 0.6) is 0 Å². The summed E-state index contributed by atoms with van der Waals surface area (Å²) in [6.45, 7) is 5.95. The fourth-order valence-electron chi connectivity index (χ4n) is 1.58. The second-order valence-electron chi connectivity index (χ2n) is 3.94. The molecule has 0 atom stereocenters. The largest absolute Gasteiger partial charge is 0.339 e. The van der Waals surface area contributed by atoms with E-state index in [0.29, 0.717) is 0 Å². The molecule has 0 aliphatic carbocycles. The summed E-state index contributed by atoms with van der Waals surface area (Å²) in [4.78, 5) is 13.7. The Morgan fingerprint density at radius 1 is 1.21 bits per heavy atom. The molecule has 1 amide bonds. The van der Waals surface area contributed by atoms with Gasteiger partial charge < -0.3 is 4.90 Å². The third-order valence-corrected chi connectivity index (χ3v) is 2.90. The zero-order valence-corrected chi connectivity index (χ0v) is 8.71. The second-order valence-corrected chi connectivity index (χ2v) is 3.94. The van der Waals surface area contributed by atoms with E-state index in [2.05, 4.69) is 6.92 Å². The van der Waals surface area contributed by atoms with Crippen LogP contribution in [-0.2, 0) is 0 Å². The summed E-state index contributed by atoms with van der Waals surface area (Å²) < 4.78 is 0. The van der Waals surface area contributed by atoms with Crippen LogP contribution in [0.3, 0.4) is 0 Å². The zero-order valence-electron chi connectivity index (χ0n) is 8.71. The first-order valence-electron chi connectivity index (χ1n) is 5.05. The molecule has 1 aliphatic heterocycles. The van der Waals surface area contributed by atoms with Crippen LogP contribution in [0.25, 0.3) is 0 Å². The van der Waals surface area contributed by atoms with Crippen molar-refractivity contribution in [1.82, 2.24) is 4.90 Å². The summed E-state index contributed by atoms with van der Waals surface area (Å²) in [7, 11) is 0. The maximum absolute atomic E-state index is 11.8. The number of benzene rings is 1. The van der Waals surface area contributed by atoms with E-state index < -0.39 is 0 Å². The lowest BCUT2D eigenvalue weighted by atomic mass is 10.0. The SMILES string of the molecule is Cc1ccc(C(=O)N2CCC2)cc1C. The smallest absolute Gasteiger partial charge is 0.253 e. The lowest BCUT2D eigenvalue weighted by Gasteiger charge is -2.31. The minimum Gasteiger partial charge on any atom is -0.339 e. The molecular formula is C12H15NO. The Bertz CT molecular complexity index is 367. The Labute approximate surface area is 84.5 Å². The molecule has 1 aromatic rings. The van der Waals surface area contributed by atoms with E-state index >= 15 is 0 Å². The molecule has 14 heavy (non-hydrogen) atoms. The van der Waals surface area contributed by atoms with Crippen molar-refractivity contribution in [3.8, 4) is 0 Å². The van der Waals surface area contributed by atoms with E-state index in [1.165, 1.54) is 11.1 Å². The first-order valence-corrected chi connectivity index (χ1v) is 5.05. The quantitative estimate of drug-likeness (QED) is 0.663. The van der Waals surface area contributed by atoms with Crippen LogP contribution in [0.15, 0.2) is 18.2 Å². The Kier molecular flexibility index (Phi) is 2.28. The number of hydrogen-bond acceptors (Lipinski definition) is 1. The Morgan fingerprint density at radius 3 is 2.43 bits per heavy atom. The van der Waals surface area contributed by atoms with Gasteiger partial charge in [-0.15, -0.1) is 0 Å². The van der Waals surface area contributed by atoms with Gasteiger partial charge in [0, 0.05) is 18.7 Å². The summed E-state index contributed by atoms with van der Waals surface area (Å²) in [6, 6.07) is 5.92. The Balaban J connectivity index is 2.23. The third-order valence-electron chi connectivity index (χ3n) is 2.90. The molecule has 0 unspecified atom stereocenters. The number of hydrogen-bond donors (Lipinski definition) is 0. The molecule has 1 saturated heterocycles. The van der Waals surface area contributed by atoms with Gasteiger partial charge in [0.15, 0.2) is 0 Å². The van der Waals surface area contributed by atoms with Crippen molar-refractivity contribution in [2.24, 2.45) is 0 Å². The molecule has 0 N–H and O–H groups in total. The number of carbonyl (C=O) groups is 1. The van der Waals surface area contributed by atoms with Crippen LogP contribution in [0.2, 0.25) is 0 Å². The molecule has 0 spiro atoms. The number of aryl methyl sites for hydroxylation is 2. The fourth-order valence-corrected chi connectivity index (χ4v) is 1.58. The van der Waals surface area contributed by atoms with Gasteiger partial charge in [0.05, 0.1) is 0 Å². The van der Waals surface area contributed by atoms with Crippen LogP contribution in [0, 0.1) is 13.8 Å². The van der Waals surface area contributed by atoms with Gasteiger partial charge in [-0.3, -0.25) is 4.79 Å². The van der Waals surface area contributed by atoms with Crippen LogP contribution in [-0.4, -0.2) is 23.9 Å². The first kappa shape index (κ1) is 9.25. The highest BCUT2D eigenvalue weighted by Crippen LogP contribution is 2.15. The lowest BCUT2D eigenvalue weighted by molar-refractivity contribution is 0.0652. The van der Waals surface area contributed by atoms with Crippen molar-refractivity contribution >= 4 is 5.91 Å². The normalized spacial score (nSPS) is 15.1. The molecule has 1 aromatic carbocycles. The van der Waals surface area contributed by atoms with E-state index in [0.717, 1.165) is 25.1 Å². The monoisotopic (exact) mass is 189 g/mol. The molecule has 1 heterocycles. The Hall–Kier alpha value is -1.31. The Morgan fingerprint density at radius 2 is 1.93 bits per heavy atom. The molecule has 74 valence electrons. The van der Waals surface area contributed by atoms with Crippen LogP contribution in [0.4, 0.5) is 0 Å². The molecule has 2 rings (SSSR count). The maximum Gasteiger partial charge on any atom is 0.253 e. The first-order chi connectivity index (χ1) is 6.68. The number of nitrogens with zero attached hydrogens (tertiary/aromatic N) is 1. The maximum atomic E-state index is 11.8. The summed E-state index contributed by atoms with van der Waals surface area (Å²) in [6.07, 6.45) is 1.15. The van der Waals surface area contributed by atoms with Crippen LogP contribution >= 0.6 is 0 Å². The molecule has 1 fully saturated rings. The number of amides is 1.